The van der Waals surface area contributed by atoms with E-state index in [1.165, 1.54) is 4.31 Å². The Morgan fingerprint density at radius 2 is 1.70 bits per heavy atom. The van der Waals surface area contributed by atoms with E-state index in [0.717, 1.165) is 16.5 Å². The minimum absolute atomic E-state index is 0.286. The predicted molar refractivity (Wildman–Crippen MR) is 90.8 cm³/mol. The van der Waals surface area contributed by atoms with E-state index >= 15 is 0 Å². The Labute approximate surface area is 136 Å². The van der Waals surface area contributed by atoms with Crippen molar-refractivity contribution < 1.29 is 12.8 Å². The van der Waals surface area contributed by atoms with Gasteiger partial charge in [-0.2, -0.15) is 4.31 Å². The lowest BCUT2D eigenvalue weighted by molar-refractivity contribution is 0.348. The molecule has 3 rings (SSSR count). The summed E-state index contributed by atoms with van der Waals surface area (Å²) in [7, 11) is -1.99. The molecule has 0 aliphatic heterocycles. The molecular weight excluding hydrogens is 310 g/mol. The highest BCUT2D eigenvalue weighted by Gasteiger charge is 2.28. The van der Waals surface area contributed by atoms with Crippen molar-refractivity contribution in [2.24, 2.45) is 0 Å². The Morgan fingerprint density at radius 1 is 1.04 bits per heavy atom. The Balaban J connectivity index is 1.94. The number of benzene rings is 2. The van der Waals surface area contributed by atoms with Crippen LogP contribution < -0.4 is 0 Å². The second kappa shape index (κ2) is 5.83. The van der Waals surface area contributed by atoms with E-state index in [9.17, 15) is 8.42 Å². The number of furan rings is 1. The van der Waals surface area contributed by atoms with Crippen molar-refractivity contribution in [2.75, 3.05) is 7.05 Å². The van der Waals surface area contributed by atoms with Crippen molar-refractivity contribution in [3.05, 3.63) is 65.9 Å². The average Bonchev–Trinajstić information content (AvgIpc) is 2.98. The van der Waals surface area contributed by atoms with Gasteiger partial charge in [-0.3, -0.25) is 0 Å². The lowest BCUT2D eigenvalue weighted by Gasteiger charge is -2.22. The molecule has 1 aromatic heterocycles. The molecule has 2 aromatic carbocycles. The summed E-state index contributed by atoms with van der Waals surface area (Å²) < 4.78 is 32.7. The number of fused-ring (bicyclic) bond motifs is 1. The molecule has 0 radical (unpaired) electrons. The van der Waals surface area contributed by atoms with Gasteiger partial charge in [-0.25, -0.2) is 8.42 Å². The Morgan fingerprint density at radius 3 is 2.35 bits per heavy atom. The second-order valence-electron chi connectivity index (χ2n) is 5.70. The van der Waals surface area contributed by atoms with Gasteiger partial charge in [0.05, 0.1) is 10.9 Å². The maximum absolute atomic E-state index is 12.8. The fourth-order valence-corrected chi connectivity index (χ4v) is 3.80. The van der Waals surface area contributed by atoms with Crippen LogP contribution in [0.3, 0.4) is 0 Å². The highest BCUT2D eigenvalue weighted by Crippen LogP contribution is 2.30. The van der Waals surface area contributed by atoms with Gasteiger partial charge in [0, 0.05) is 12.4 Å². The third-order valence-corrected chi connectivity index (χ3v) is 6.04. The van der Waals surface area contributed by atoms with Gasteiger partial charge < -0.3 is 4.42 Å². The summed E-state index contributed by atoms with van der Waals surface area (Å²) in [5.41, 5.74) is 1.78. The smallest absolute Gasteiger partial charge is 0.243 e. The zero-order valence-corrected chi connectivity index (χ0v) is 14.2. The van der Waals surface area contributed by atoms with Crippen molar-refractivity contribution in [3.8, 4) is 0 Å². The fraction of sp³-hybridized carbons (Fsp3) is 0.222. The third kappa shape index (κ3) is 2.90. The molecule has 0 bridgehead atoms. The number of rotatable bonds is 4. The van der Waals surface area contributed by atoms with E-state index in [2.05, 4.69) is 0 Å². The van der Waals surface area contributed by atoms with Crippen LogP contribution in [0.25, 0.3) is 11.0 Å². The number of nitrogens with zero attached hydrogens (tertiary/aromatic N) is 1. The third-order valence-electron chi connectivity index (χ3n) is 4.10. The number of hydrogen-bond donors (Lipinski definition) is 0. The highest BCUT2D eigenvalue weighted by atomic mass is 32.2. The topological polar surface area (TPSA) is 50.5 Å². The van der Waals surface area contributed by atoms with Crippen LogP contribution >= 0.6 is 0 Å². The van der Waals surface area contributed by atoms with E-state index in [1.54, 1.807) is 31.3 Å². The monoisotopic (exact) mass is 329 g/mol. The van der Waals surface area contributed by atoms with Crippen LogP contribution in [-0.4, -0.2) is 19.8 Å². The van der Waals surface area contributed by atoms with Crippen molar-refractivity contribution in [1.29, 1.82) is 0 Å². The minimum Gasteiger partial charge on any atom is -0.459 e. The maximum Gasteiger partial charge on any atom is 0.243 e. The SMILES string of the molecule is Cc1ccc(S(=O)(=O)N(C)[C@@H](C)c2cc3ccccc3o2)cc1. The molecular formula is C18H19NO3S. The quantitative estimate of drug-likeness (QED) is 0.723. The summed E-state index contributed by atoms with van der Waals surface area (Å²) in [6.07, 6.45) is 0. The van der Waals surface area contributed by atoms with Crippen molar-refractivity contribution in [1.82, 2.24) is 4.31 Å². The molecule has 0 saturated heterocycles. The van der Waals surface area contributed by atoms with Crippen LogP contribution in [-0.2, 0) is 10.0 Å². The summed E-state index contributed by atoms with van der Waals surface area (Å²) in [4.78, 5) is 0.286. The summed E-state index contributed by atoms with van der Waals surface area (Å²) >= 11 is 0. The molecule has 120 valence electrons. The fourth-order valence-electron chi connectivity index (χ4n) is 2.47. The van der Waals surface area contributed by atoms with Crippen molar-refractivity contribution >= 4 is 21.0 Å². The lowest BCUT2D eigenvalue weighted by atomic mass is 10.2. The lowest BCUT2D eigenvalue weighted by Crippen LogP contribution is -2.29. The molecule has 23 heavy (non-hydrogen) atoms. The van der Waals surface area contributed by atoms with Gasteiger partial charge in [0.2, 0.25) is 10.0 Å². The molecule has 0 fully saturated rings. The molecule has 1 atom stereocenters. The molecule has 3 aromatic rings. The highest BCUT2D eigenvalue weighted by molar-refractivity contribution is 7.89. The number of para-hydroxylation sites is 1. The van der Waals surface area contributed by atoms with E-state index in [-0.39, 0.29) is 4.90 Å². The van der Waals surface area contributed by atoms with Crippen molar-refractivity contribution in [2.45, 2.75) is 24.8 Å². The largest absolute Gasteiger partial charge is 0.459 e. The zero-order chi connectivity index (χ0) is 16.6. The molecule has 5 heteroatoms. The first-order valence-electron chi connectivity index (χ1n) is 7.43. The zero-order valence-electron chi connectivity index (χ0n) is 13.4. The number of aryl methyl sites for hydroxylation is 1. The van der Waals surface area contributed by atoms with E-state index in [4.69, 9.17) is 4.42 Å². The van der Waals surface area contributed by atoms with Crippen LogP contribution in [0.15, 0.2) is 63.9 Å². The minimum atomic E-state index is -3.57. The predicted octanol–water partition coefficient (Wildman–Crippen LogP) is 4.12. The summed E-state index contributed by atoms with van der Waals surface area (Å²) in [5, 5.41) is 0.968. The Bertz CT molecular complexity index is 893. The Hall–Kier alpha value is -2.11. The first kappa shape index (κ1) is 15.8. The molecule has 0 N–H and O–H groups in total. The molecule has 0 amide bonds. The normalized spacial score (nSPS) is 13.6. The summed E-state index contributed by atoms with van der Waals surface area (Å²) in [6.45, 7) is 3.75. The first-order chi connectivity index (χ1) is 10.9. The van der Waals surface area contributed by atoms with Gasteiger partial charge in [0.25, 0.3) is 0 Å². The van der Waals surface area contributed by atoms with E-state index < -0.39 is 16.1 Å². The van der Waals surface area contributed by atoms with E-state index in [1.807, 2.05) is 44.2 Å². The van der Waals surface area contributed by atoms with Crippen LogP contribution in [0.2, 0.25) is 0 Å². The molecule has 0 aliphatic carbocycles. The molecule has 0 unspecified atom stereocenters. The van der Waals surface area contributed by atoms with Gasteiger partial charge in [0.15, 0.2) is 0 Å². The standard InChI is InChI=1S/C18H19NO3S/c1-13-8-10-16(11-9-13)23(20,21)19(3)14(2)18-12-15-6-4-5-7-17(15)22-18/h4-12,14H,1-3H3/t14-/m0/s1. The van der Waals surface area contributed by atoms with Crippen LogP contribution in [0.1, 0.15) is 24.3 Å². The second-order valence-corrected chi connectivity index (χ2v) is 7.69. The van der Waals surface area contributed by atoms with Crippen LogP contribution in [0, 0.1) is 6.92 Å². The molecule has 0 spiro atoms. The first-order valence-corrected chi connectivity index (χ1v) is 8.87. The van der Waals surface area contributed by atoms with E-state index in [0.29, 0.717) is 5.76 Å². The molecule has 0 aliphatic rings. The molecule has 0 saturated carbocycles. The number of hydrogen-bond acceptors (Lipinski definition) is 3. The van der Waals surface area contributed by atoms with Gasteiger partial charge in [0.1, 0.15) is 11.3 Å². The number of sulfonamides is 1. The van der Waals surface area contributed by atoms with Gasteiger partial charge >= 0.3 is 0 Å². The van der Waals surface area contributed by atoms with Crippen LogP contribution in [0.4, 0.5) is 0 Å². The van der Waals surface area contributed by atoms with Gasteiger partial charge in [-0.05, 0) is 38.1 Å². The van der Waals surface area contributed by atoms with Gasteiger partial charge in [-0.15, -0.1) is 0 Å². The van der Waals surface area contributed by atoms with Crippen molar-refractivity contribution in [3.63, 3.8) is 0 Å². The molecule has 4 nitrogen and oxygen atoms in total. The average molecular weight is 329 g/mol. The summed E-state index contributed by atoms with van der Waals surface area (Å²) in [5.74, 6) is 0.629. The summed E-state index contributed by atoms with van der Waals surface area (Å²) in [6, 6.07) is 16.0. The Kier molecular flexibility index (Phi) is 4.00. The maximum atomic E-state index is 12.8. The molecule has 1 heterocycles. The van der Waals surface area contributed by atoms with Crippen LogP contribution in [0.5, 0.6) is 0 Å². The van der Waals surface area contributed by atoms with Gasteiger partial charge in [-0.1, -0.05) is 35.9 Å².